The van der Waals surface area contributed by atoms with Gasteiger partial charge < -0.3 is 20.1 Å². The van der Waals surface area contributed by atoms with Gasteiger partial charge in [0.25, 0.3) is 5.88 Å². The van der Waals surface area contributed by atoms with Crippen molar-refractivity contribution in [1.82, 2.24) is 10.2 Å². The van der Waals surface area contributed by atoms with Gasteiger partial charge in [-0.25, -0.2) is 0 Å². The van der Waals surface area contributed by atoms with E-state index in [9.17, 15) is 4.79 Å². The molecule has 0 radical (unpaired) electrons. The van der Waals surface area contributed by atoms with Crippen LogP contribution in [0.4, 0.5) is 5.69 Å². The monoisotopic (exact) mass is 342 g/mol. The lowest BCUT2D eigenvalue weighted by Crippen LogP contribution is -2.36. The summed E-state index contributed by atoms with van der Waals surface area (Å²) in [6.45, 7) is 7.18. The quantitative estimate of drug-likeness (QED) is 0.891. The van der Waals surface area contributed by atoms with Crippen molar-refractivity contribution in [2.75, 3.05) is 37.8 Å². The zero-order valence-corrected chi connectivity index (χ0v) is 14.5. The second-order valence-corrected chi connectivity index (χ2v) is 5.87. The van der Waals surface area contributed by atoms with E-state index in [0.29, 0.717) is 42.5 Å². The fourth-order valence-electron chi connectivity index (χ4n) is 2.86. The molecule has 2 aromatic rings. The average Bonchev–Trinajstić information content (AvgIpc) is 2.62. The Kier molecular flexibility index (Phi) is 5.14. The second kappa shape index (κ2) is 7.48. The molecule has 132 valence electrons. The van der Waals surface area contributed by atoms with Crippen LogP contribution in [0.5, 0.6) is 5.88 Å². The summed E-state index contributed by atoms with van der Waals surface area (Å²) in [6, 6.07) is 7.38. The highest BCUT2D eigenvalue weighted by atomic mass is 16.5. The van der Waals surface area contributed by atoms with Crippen molar-refractivity contribution in [3.63, 3.8) is 0 Å². The van der Waals surface area contributed by atoms with Crippen molar-refractivity contribution in [3.05, 3.63) is 35.4 Å². The predicted octanol–water partition coefficient (Wildman–Crippen LogP) is 1.79. The molecule has 0 spiro atoms. The number of aromatic nitrogens is 2. The van der Waals surface area contributed by atoms with Crippen molar-refractivity contribution in [1.29, 1.82) is 0 Å². The van der Waals surface area contributed by atoms with Gasteiger partial charge >= 0.3 is 0 Å². The first-order valence-electron chi connectivity index (χ1n) is 8.34. The van der Waals surface area contributed by atoms with Gasteiger partial charge in [0.1, 0.15) is 5.69 Å². The van der Waals surface area contributed by atoms with Crippen molar-refractivity contribution < 1.29 is 14.3 Å². The maximum Gasteiger partial charge on any atom is 0.257 e. The number of anilines is 1. The lowest BCUT2D eigenvalue weighted by atomic mass is 10.0. The Labute approximate surface area is 146 Å². The molecule has 0 atom stereocenters. The van der Waals surface area contributed by atoms with Gasteiger partial charge in [-0.3, -0.25) is 4.79 Å². The number of benzene rings is 1. The molecule has 2 heterocycles. The molecule has 0 aliphatic carbocycles. The van der Waals surface area contributed by atoms with Crippen LogP contribution >= 0.6 is 0 Å². The average molecular weight is 342 g/mol. The van der Waals surface area contributed by atoms with Gasteiger partial charge in [0.2, 0.25) is 5.91 Å². The van der Waals surface area contributed by atoms with Gasteiger partial charge in [0.15, 0.2) is 0 Å². The molecular formula is C18H22N4O3. The van der Waals surface area contributed by atoms with Crippen LogP contribution in [0, 0.1) is 6.92 Å². The third-order valence-electron chi connectivity index (χ3n) is 4.09. The van der Waals surface area contributed by atoms with Crippen molar-refractivity contribution >= 4 is 11.6 Å². The van der Waals surface area contributed by atoms with E-state index in [1.807, 2.05) is 32.0 Å². The zero-order chi connectivity index (χ0) is 17.8. The summed E-state index contributed by atoms with van der Waals surface area (Å²) < 4.78 is 11.1. The minimum absolute atomic E-state index is 0.428. The summed E-state index contributed by atoms with van der Waals surface area (Å²) in [4.78, 5) is 13.9. The molecule has 2 N–H and O–H groups in total. The van der Waals surface area contributed by atoms with E-state index in [1.54, 1.807) is 6.07 Å². The van der Waals surface area contributed by atoms with Gasteiger partial charge in [-0.2, -0.15) is 0 Å². The molecule has 1 aliphatic rings. The van der Waals surface area contributed by atoms with Crippen LogP contribution < -0.4 is 15.4 Å². The molecule has 7 nitrogen and oxygen atoms in total. The number of primary amides is 1. The Bertz CT molecular complexity index is 773. The summed E-state index contributed by atoms with van der Waals surface area (Å²) in [5.74, 6) is 0.0000327. The fourth-order valence-corrected chi connectivity index (χ4v) is 2.86. The molecule has 1 saturated heterocycles. The summed E-state index contributed by atoms with van der Waals surface area (Å²) in [7, 11) is 0. The first kappa shape index (κ1) is 17.2. The second-order valence-electron chi connectivity index (χ2n) is 5.87. The van der Waals surface area contributed by atoms with Gasteiger partial charge in [-0.05, 0) is 32.0 Å². The smallest absolute Gasteiger partial charge is 0.257 e. The summed E-state index contributed by atoms with van der Waals surface area (Å²) in [5.41, 5.74) is 9.10. The Hall–Kier alpha value is -2.67. The Balaban J connectivity index is 2.09. The molecule has 1 amide bonds. The SMILES string of the molecule is CCOc1nnc(-c2cc(C)ccc2C(N)=O)cc1N1CCOCC1. The number of nitrogens with zero attached hydrogens (tertiary/aromatic N) is 3. The number of rotatable bonds is 5. The lowest BCUT2D eigenvalue weighted by Gasteiger charge is -2.29. The van der Waals surface area contributed by atoms with E-state index >= 15 is 0 Å². The molecule has 0 unspecified atom stereocenters. The number of carbonyl (C=O) groups is 1. The van der Waals surface area contributed by atoms with Gasteiger partial charge in [0, 0.05) is 24.2 Å². The number of hydrogen-bond donors (Lipinski definition) is 1. The normalized spacial score (nSPS) is 14.4. The van der Waals surface area contributed by atoms with Crippen LogP contribution in [0.2, 0.25) is 0 Å². The number of ether oxygens (including phenoxy) is 2. The number of hydrogen-bond acceptors (Lipinski definition) is 6. The summed E-state index contributed by atoms with van der Waals surface area (Å²) in [5, 5.41) is 8.51. The predicted molar refractivity (Wildman–Crippen MR) is 94.9 cm³/mol. The van der Waals surface area contributed by atoms with Gasteiger partial charge in [-0.15, -0.1) is 10.2 Å². The zero-order valence-electron chi connectivity index (χ0n) is 14.5. The van der Waals surface area contributed by atoms with Crippen molar-refractivity contribution in [3.8, 4) is 17.1 Å². The third kappa shape index (κ3) is 3.71. The number of morpholine rings is 1. The molecule has 3 rings (SSSR count). The highest BCUT2D eigenvalue weighted by molar-refractivity contribution is 5.99. The fraction of sp³-hybridized carbons (Fsp3) is 0.389. The van der Waals surface area contributed by atoms with Crippen LogP contribution in [-0.2, 0) is 4.74 Å². The van der Waals surface area contributed by atoms with Crippen molar-refractivity contribution in [2.45, 2.75) is 13.8 Å². The maximum absolute atomic E-state index is 11.8. The van der Waals surface area contributed by atoms with Crippen LogP contribution in [0.1, 0.15) is 22.8 Å². The van der Waals surface area contributed by atoms with E-state index in [-0.39, 0.29) is 0 Å². The number of aryl methyl sites for hydroxylation is 1. The van der Waals surface area contributed by atoms with E-state index < -0.39 is 5.91 Å². The first-order valence-corrected chi connectivity index (χ1v) is 8.34. The molecular weight excluding hydrogens is 320 g/mol. The molecule has 0 bridgehead atoms. The molecule has 1 aromatic carbocycles. The molecule has 1 aromatic heterocycles. The maximum atomic E-state index is 11.8. The van der Waals surface area contributed by atoms with E-state index in [4.69, 9.17) is 15.2 Å². The Morgan fingerprint density at radius 2 is 2.04 bits per heavy atom. The standard InChI is InChI=1S/C18H22N4O3/c1-3-25-18-16(22-6-8-24-9-7-22)11-15(20-21-18)14-10-12(2)4-5-13(14)17(19)23/h4-5,10-11H,3,6-9H2,1-2H3,(H2,19,23). The first-order chi connectivity index (χ1) is 12.1. The summed E-state index contributed by atoms with van der Waals surface area (Å²) in [6.07, 6.45) is 0. The van der Waals surface area contributed by atoms with E-state index in [0.717, 1.165) is 24.3 Å². The van der Waals surface area contributed by atoms with Crippen LogP contribution in [0.25, 0.3) is 11.3 Å². The highest BCUT2D eigenvalue weighted by Gasteiger charge is 2.20. The number of nitrogens with two attached hydrogens (primary N) is 1. The highest BCUT2D eigenvalue weighted by Crippen LogP contribution is 2.32. The topological polar surface area (TPSA) is 90.6 Å². The Morgan fingerprint density at radius 3 is 2.72 bits per heavy atom. The molecule has 0 saturated carbocycles. The minimum Gasteiger partial charge on any atom is -0.475 e. The van der Waals surface area contributed by atoms with Crippen LogP contribution in [-0.4, -0.2) is 49.0 Å². The van der Waals surface area contributed by atoms with E-state index in [1.165, 1.54) is 0 Å². The van der Waals surface area contributed by atoms with Gasteiger partial charge in [-0.1, -0.05) is 11.6 Å². The lowest BCUT2D eigenvalue weighted by molar-refractivity contribution is 0.100. The Morgan fingerprint density at radius 1 is 1.28 bits per heavy atom. The van der Waals surface area contributed by atoms with Crippen LogP contribution in [0.3, 0.4) is 0 Å². The minimum atomic E-state index is -0.487. The molecule has 1 aliphatic heterocycles. The summed E-state index contributed by atoms with van der Waals surface area (Å²) >= 11 is 0. The van der Waals surface area contributed by atoms with Gasteiger partial charge in [0.05, 0.1) is 25.5 Å². The molecule has 1 fully saturated rings. The molecule has 25 heavy (non-hydrogen) atoms. The number of amides is 1. The largest absolute Gasteiger partial charge is 0.475 e. The van der Waals surface area contributed by atoms with E-state index in [2.05, 4.69) is 15.1 Å². The van der Waals surface area contributed by atoms with Crippen LogP contribution in [0.15, 0.2) is 24.3 Å². The number of carbonyl (C=O) groups excluding carboxylic acids is 1. The molecule has 7 heteroatoms. The van der Waals surface area contributed by atoms with Crippen molar-refractivity contribution in [2.24, 2.45) is 5.73 Å². The third-order valence-corrected chi connectivity index (χ3v) is 4.09.